The van der Waals surface area contributed by atoms with E-state index in [4.69, 9.17) is 33.4 Å². The van der Waals surface area contributed by atoms with Crippen molar-refractivity contribution in [2.24, 2.45) is 5.73 Å². The van der Waals surface area contributed by atoms with Gasteiger partial charge in [-0.2, -0.15) is 0 Å². The lowest BCUT2D eigenvalue weighted by molar-refractivity contribution is 0.276. The smallest absolute Gasteiger partial charge is 0.197 e. The van der Waals surface area contributed by atoms with Gasteiger partial charge < -0.3 is 10.2 Å². The van der Waals surface area contributed by atoms with E-state index in [1.807, 2.05) is 0 Å². The number of hydrogen-bond acceptors (Lipinski definition) is 3. The Balaban J connectivity index is 1.91. The minimum Gasteiger partial charge on any atom is -0.439 e. The molecule has 1 aromatic carbocycles. The van der Waals surface area contributed by atoms with E-state index in [1.54, 1.807) is 12.1 Å². The van der Waals surface area contributed by atoms with Crippen LogP contribution in [0.1, 0.15) is 38.0 Å². The minimum absolute atomic E-state index is 0.185. The largest absolute Gasteiger partial charge is 0.439 e. The van der Waals surface area contributed by atoms with Crippen LogP contribution in [0.15, 0.2) is 16.5 Å². The number of aromatic nitrogens is 1. The molecule has 1 aromatic heterocycles. The Morgan fingerprint density at radius 3 is 2.68 bits per heavy atom. The molecule has 5 heteroatoms. The van der Waals surface area contributed by atoms with Gasteiger partial charge in [-0.05, 0) is 25.0 Å². The molecule has 3 nitrogen and oxygen atoms in total. The quantitative estimate of drug-likeness (QED) is 0.897. The molecule has 0 amide bonds. The van der Waals surface area contributed by atoms with Crippen molar-refractivity contribution in [1.29, 1.82) is 0 Å². The maximum absolute atomic E-state index is 6.42. The number of halogens is 2. The van der Waals surface area contributed by atoms with Gasteiger partial charge in [-0.3, -0.25) is 0 Å². The van der Waals surface area contributed by atoms with E-state index in [-0.39, 0.29) is 5.54 Å². The van der Waals surface area contributed by atoms with Crippen molar-refractivity contribution in [3.05, 3.63) is 28.1 Å². The summed E-state index contributed by atoms with van der Waals surface area (Å²) in [7, 11) is 0. The number of nitrogens with zero attached hydrogens (tertiary/aromatic N) is 1. The highest BCUT2D eigenvalue weighted by Crippen LogP contribution is 2.32. The summed E-state index contributed by atoms with van der Waals surface area (Å²) < 4.78 is 5.74. The van der Waals surface area contributed by atoms with Crippen molar-refractivity contribution in [1.82, 2.24) is 4.98 Å². The van der Waals surface area contributed by atoms with Crippen molar-refractivity contribution < 1.29 is 4.42 Å². The van der Waals surface area contributed by atoms with Crippen LogP contribution in [0.25, 0.3) is 11.1 Å². The first kappa shape index (κ1) is 13.2. The van der Waals surface area contributed by atoms with Gasteiger partial charge in [0, 0.05) is 17.0 Å². The van der Waals surface area contributed by atoms with E-state index in [0.717, 1.165) is 12.8 Å². The van der Waals surface area contributed by atoms with Crippen molar-refractivity contribution in [2.75, 3.05) is 0 Å². The van der Waals surface area contributed by atoms with Gasteiger partial charge >= 0.3 is 0 Å². The lowest BCUT2D eigenvalue weighted by Gasteiger charge is -2.32. The SMILES string of the molecule is NC1(Cc2nc3cc(Cl)cc(Cl)c3o2)CCCCC1. The molecule has 2 N–H and O–H groups in total. The van der Waals surface area contributed by atoms with Gasteiger partial charge in [0.15, 0.2) is 11.5 Å². The average molecular weight is 299 g/mol. The van der Waals surface area contributed by atoms with Gasteiger partial charge in [0.1, 0.15) is 5.52 Å². The normalized spacial score (nSPS) is 18.9. The van der Waals surface area contributed by atoms with Crippen LogP contribution < -0.4 is 5.73 Å². The molecular formula is C14H16Cl2N2O. The Bertz CT molecular complexity index is 603. The molecule has 0 unspecified atom stereocenters. The van der Waals surface area contributed by atoms with Crippen LogP contribution >= 0.6 is 23.2 Å². The Labute approximate surface area is 122 Å². The van der Waals surface area contributed by atoms with E-state index < -0.39 is 0 Å². The van der Waals surface area contributed by atoms with Gasteiger partial charge in [0.05, 0.1) is 5.02 Å². The van der Waals surface area contributed by atoms with Crippen LogP contribution in [0.5, 0.6) is 0 Å². The number of benzene rings is 1. The molecule has 0 atom stereocenters. The third kappa shape index (κ3) is 2.73. The summed E-state index contributed by atoms with van der Waals surface area (Å²) in [5, 5.41) is 1.06. The van der Waals surface area contributed by atoms with Crippen LogP contribution in [-0.2, 0) is 6.42 Å². The summed E-state index contributed by atoms with van der Waals surface area (Å²) >= 11 is 12.1. The molecular weight excluding hydrogens is 283 g/mol. The van der Waals surface area contributed by atoms with E-state index in [9.17, 15) is 0 Å². The molecule has 19 heavy (non-hydrogen) atoms. The molecule has 1 heterocycles. The molecule has 2 aromatic rings. The Morgan fingerprint density at radius 2 is 1.95 bits per heavy atom. The molecule has 102 valence electrons. The van der Waals surface area contributed by atoms with E-state index in [0.29, 0.717) is 33.5 Å². The van der Waals surface area contributed by atoms with Gasteiger partial charge in [-0.15, -0.1) is 0 Å². The first-order valence-electron chi connectivity index (χ1n) is 6.59. The second-order valence-corrected chi connectivity index (χ2v) is 6.29. The number of rotatable bonds is 2. The number of nitrogens with two attached hydrogens (primary N) is 1. The summed E-state index contributed by atoms with van der Waals surface area (Å²) in [4.78, 5) is 4.46. The standard InChI is InChI=1S/C14H16Cl2N2O/c15-9-6-10(16)13-11(7-9)18-12(19-13)8-14(17)4-2-1-3-5-14/h6-7H,1-5,8,17H2. The highest BCUT2D eigenvalue weighted by molar-refractivity contribution is 6.37. The van der Waals surface area contributed by atoms with Crippen LogP contribution in [0.3, 0.4) is 0 Å². The average Bonchev–Trinajstić information content (AvgIpc) is 2.71. The van der Waals surface area contributed by atoms with Crippen LogP contribution in [0.4, 0.5) is 0 Å². The second kappa shape index (κ2) is 4.97. The first-order valence-corrected chi connectivity index (χ1v) is 7.35. The zero-order chi connectivity index (χ0) is 13.5. The lowest BCUT2D eigenvalue weighted by atomic mass is 9.80. The number of fused-ring (bicyclic) bond motifs is 1. The van der Waals surface area contributed by atoms with Crippen LogP contribution in [0, 0.1) is 0 Å². The van der Waals surface area contributed by atoms with Gasteiger partial charge in [-0.25, -0.2) is 4.98 Å². The summed E-state index contributed by atoms with van der Waals surface area (Å²) in [6.45, 7) is 0. The molecule has 1 fully saturated rings. The molecule has 1 aliphatic carbocycles. The topological polar surface area (TPSA) is 52.0 Å². The Hall–Kier alpha value is -0.770. The predicted molar refractivity (Wildman–Crippen MR) is 77.7 cm³/mol. The van der Waals surface area contributed by atoms with Crippen molar-refractivity contribution in [2.45, 2.75) is 44.1 Å². The molecule has 3 rings (SSSR count). The van der Waals surface area contributed by atoms with Crippen LogP contribution in [0.2, 0.25) is 10.0 Å². The second-order valence-electron chi connectivity index (χ2n) is 5.44. The summed E-state index contributed by atoms with van der Waals surface area (Å²) in [6, 6.07) is 3.43. The Kier molecular flexibility index (Phi) is 3.46. The maximum atomic E-state index is 6.42. The monoisotopic (exact) mass is 298 g/mol. The molecule has 0 bridgehead atoms. The predicted octanol–water partition coefficient (Wildman–Crippen LogP) is 4.34. The molecule has 0 saturated heterocycles. The Morgan fingerprint density at radius 1 is 1.21 bits per heavy atom. The van der Waals surface area contributed by atoms with E-state index >= 15 is 0 Å². The van der Waals surface area contributed by atoms with Gasteiger partial charge in [0.25, 0.3) is 0 Å². The van der Waals surface area contributed by atoms with Gasteiger partial charge in [0.2, 0.25) is 0 Å². The van der Waals surface area contributed by atoms with Crippen molar-refractivity contribution in [3.63, 3.8) is 0 Å². The first-order chi connectivity index (χ1) is 9.06. The minimum atomic E-state index is -0.185. The summed E-state index contributed by atoms with van der Waals surface area (Å²) in [5.74, 6) is 0.656. The zero-order valence-electron chi connectivity index (χ0n) is 10.6. The lowest BCUT2D eigenvalue weighted by Crippen LogP contribution is -2.43. The molecule has 1 aliphatic rings. The maximum Gasteiger partial charge on any atom is 0.197 e. The number of oxazole rings is 1. The highest BCUT2D eigenvalue weighted by atomic mass is 35.5. The summed E-state index contributed by atoms with van der Waals surface area (Å²) in [5.41, 5.74) is 7.54. The van der Waals surface area contributed by atoms with Crippen molar-refractivity contribution in [3.8, 4) is 0 Å². The molecule has 0 spiro atoms. The van der Waals surface area contributed by atoms with Gasteiger partial charge in [-0.1, -0.05) is 42.5 Å². The highest BCUT2D eigenvalue weighted by Gasteiger charge is 2.29. The fourth-order valence-corrected chi connectivity index (χ4v) is 3.34. The fraction of sp³-hybridized carbons (Fsp3) is 0.500. The van der Waals surface area contributed by atoms with E-state index in [2.05, 4.69) is 4.98 Å². The van der Waals surface area contributed by atoms with Crippen molar-refractivity contribution >= 4 is 34.3 Å². The van der Waals surface area contributed by atoms with Crippen LogP contribution in [-0.4, -0.2) is 10.5 Å². The van der Waals surface area contributed by atoms with E-state index in [1.165, 1.54) is 19.3 Å². The third-order valence-electron chi connectivity index (χ3n) is 3.81. The third-order valence-corrected chi connectivity index (χ3v) is 4.31. The summed E-state index contributed by atoms with van der Waals surface area (Å²) in [6.07, 6.45) is 6.36. The molecule has 1 saturated carbocycles. The molecule has 0 aliphatic heterocycles. The molecule has 0 radical (unpaired) electrons. The zero-order valence-corrected chi connectivity index (χ0v) is 12.1. The number of hydrogen-bond donors (Lipinski definition) is 1. The fourth-order valence-electron chi connectivity index (χ4n) is 2.82.